The number of benzene rings is 2. The SMILES string of the molecule is CN=C(SC)N(CC/C(=N\O)c1ccccc1)c1ccc(OC)cc1.I. The minimum Gasteiger partial charge on any atom is -0.497 e. The molecule has 2 rings (SSSR count). The van der Waals surface area contributed by atoms with Crippen molar-refractivity contribution in [3.05, 3.63) is 60.2 Å². The number of anilines is 1. The molecule has 26 heavy (non-hydrogen) atoms. The summed E-state index contributed by atoms with van der Waals surface area (Å²) in [4.78, 5) is 6.48. The van der Waals surface area contributed by atoms with Crippen molar-refractivity contribution in [2.24, 2.45) is 10.1 Å². The first-order chi connectivity index (χ1) is 12.2. The second-order valence-corrected chi connectivity index (χ2v) is 6.00. The zero-order chi connectivity index (χ0) is 18.1. The molecule has 0 fully saturated rings. The predicted molar refractivity (Wildman–Crippen MR) is 122 cm³/mol. The Balaban J connectivity index is 0.00000338. The molecule has 140 valence electrons. The normalized spacial score (nSPS) is 11.7. The molecule has 0 saturated heterocycles. The highest BCUT2D eigenvalue weighted by Gasteiger charge is 2.15. The average Bonchev–Trinajstić information content (AvgIpc) is 2.68. The van der Waals surface area contributed by atoms with Crippen molar-refractivity contribution in [1.82, 2.24) is 0 Å². The molecule has 0 saturated carbocycles. The summed E-state index contributed by atoms with van der Waals surface area (Å²) in [6.45, 7) is 0.647. The predicted octanol–water partition coefficient (Wildman–Crippen LogP) is 4.74. The number of methoxy groups -OCH3 is 1. The van der Waals surface area contributed by atoms with E-state index in [4.69, 9.17) is 4.74 Å². The second kappa shape index (κ2) is 11.8. The zero-order valence-corrected chi connectivity index (χ0v) is 18.3. The Kier molecular flexibility index (Phi) is 10.1. The minimum absolute atomic E-state index is 0. The molecule has 0 spiro atoms. The van der Waals surface area contributed by atoms with Crippen LogP contribution in [-0.2, 0) is 0 Å². The van der Waals surface area contributed by atoms with Gasteiger partial charge in [-0.2, -0.15) is 0 Å². The Labute approximate surface area is 176 Å². The van der Waals surface area contributed by atoms with Gasteiger partial charge in [0.05, 0.1) is 12.8 Å². The Morgan fingerprint density at radius 2 is 1.77 bits per heavy atom. The molecule has 2 aromatic rings. The molecule has 2 aromatic carbocycles. The van der Waals surface area contributed by atoms with E-state index < -0.39 is 0 Å². The van der Waals surface area contributed by atoms with Crippen LogP contribution in [0.25, 0.3) is 0 Å². The lowest BCUT2D eigenvalue weighted by molar-refractivity contribution is 0.318. The van der Waals surface area contributed by atoms with Gasteiger partial charge >= 0.3 is 0 Å². The van der Waals surface area contributed by atoms with Gasteiger partial charge in [0.1, 0.15) is 5.75 Å². The van der Waals surface area contributed by atoms with Crippen LogP contribution in [0.1, 0.15) is 12.0 Å². The Morgan fingerprint density at radius 3 is 2.27 bits per heavy atom. The van der Waals surface area contributed by atoms with Gasteiger partial charge in [0.25, 0.3) is 0 Å². The van der Waals surface area contributed by atoms with E-state index in [-0.39, 0.29) is 24.0 Å². The second-order valence-electron chi connectivity index (χ2n) is 5.22. The number of rotatable bonds is 6. The van der Waals surface area contributed by atoms with Gasteiger partial charge in [-0.05, 0) is 36.1 Å². The van der Waals surface area contributed by atoms with Crippen LogP contribution in [0.3, 0.4) is 0 Å². The van der Waals surface area contributed by atoms with E-state index in [1.807, 2.05) is 60.9 Å². The van der Waals surface area contributed by atoms with Crippen molar-refractivity contribution in [3.8, 4) is 5.75 Å². The summed E-state index contributed by atoms with van der Waals surface area (Å²) in [6.07, 6.45) is 2.59. The molecule has 0 heterocycles. The van der Waals surface area contributed by atoms with E-state index in [0.717, 1.165) is 22.2 Å². The number of amidine groups is 1. The van der Waals surface area contributed by atoms with E-state index in [2.05, 4.69) is 15.0 Å². The van der Waals surface area contributed by atoms with Crippen molar-refractivity contribution in [1.29, 1.82) is 0 Å². The van der Waals surface area contributed by atoms with Crippen LogP contribution in [0.5, 0.6) is 5.75 Å². The zero-order valence-electron chi connectivity index (χ0n) is 15.1. The molecule has 0 radical (unpaired) electrons. The first-order valence-corrected chi connectivity index (χ1v) is 9.14. The number of oxime groups is 1. The number of halogens is 1. The maximum absolute atomic E-state index is 9.40. The molecule has 0 aliphatic heterocycles. The highest BCUT2D eigenvalue weighted by atomic mass is 127. The van der Waals surface area contributed by atoms with Crippen LogP contribution < -0.4 is 9.64 Å². The van der Waals surface area contributed by atoms with Gasteiger partial charge in [-0.1, -0.05) is 47.2 Å². The van der Waals surface area contributed by atoms with Crippen LogP contribution in [0.2, 0.25) is 0 Å². The summed E-state index contributed by atoms with van der Waals surface area (Å²) >= 11 is 1.58. The molecule has 7 heteroatoms. The van der Waals surface area contributed by atoms with Gasteiger partial charge in [-0.3, -0.25) is 4.99 Å². The van der Waals surface area contributed by atoms with E-state index in [1.54, 1.807) is 25.9 Å². The van der Waals surface area contributed by atoms with Gasteiger partial charge in [0, 0.05) is 25.7 Å². The third kappa shape index (κ3) is 5.91. The van der Waals surface area contributed by atoms with Crippen molar-refractivity contribution in [3.63, 3.8) is 0 Å². The third-order valence-electron chi connectivity index (χ3n) is 3.79. The lowest BCUT2D eigenvalue weighted by Crippen LogP contribution is -2.31. The molecule has 0 bridgehead atoms. The number of thioether (sulfide) groups is 1. The average molecular weight is 485 g/mol. The van der Waals surface area contributed by atoms with E-state index in [1.165, 1.54) is 0 Å². The summed E-state index contributed by atoms with van der Waals surface area (Å²) in [5.74, 6) is 0.810. The number of hydrogen-bond acceptors (Lipinski definition) is 5. The summed E-state index contributed by atoms with van der Waals surface area (Å²) in [5, 5.41) is 13.8. The molecule has 0 aromatic heterocycles. The molecular formula is C19H24IN3O2S. The first kappa shape index (κ1) is 22.3. The molecule has 0 aliphatic rings. The van der Waals surface area contributed by atoms with Crippen LogP contribution in [0.15, 0.2) is 64.7 Å². The van der Waals surface area contributed by atoms with Crippen molar-refractivity contribution >= 4 is 52.3 Å². The number of nitrogens with zero attached hydrogens (tertiary/aromatic N) is 3. The maximum atomic E-state index is 9.40. The Hall–Kier alpha value is -1.74. The van der Waals surface area contributed by atoms with E-state index in [0.29, 0.717) is 18.7 Å². The highest BCUT2D eigenvalue weighted by Crippen LogP contribution is 2.23. The number of aliphatic imine (C=N–C) groups is 1. The summed E-state index contributed by atoms with van der Waals surface area (Å²) < 4.78 is 5.23. The number of ether oxygens (including phenoxy) is 1. The van der Waals surface area contributed by atoms with Gasteiger partial charge in [0.15, 0.2) is 5.17 Å². The third-order valence-corrected chi connectivity index (χ3v) is 4.56. The smallest absolute Gasteiger partial charge is 0.163 e. The van der Waals surface area contributed by atoms with E-state index in [9.17, 15) is 5.21 Å². The molecular weight excluding hydrogens is 461 g/mol. The van der Waals surface area contributed by atoms with Gasteiger partial charge in [-0.15, -0.1) is 24.0 Å². The molecule has 0 atom stereocenters. The molecule has 1 N–H and O–H groups in total. The standard InChI is InChI=1S/C19H23N3O2S.HI/c1-20-19(25-3)22(16-9-11-17(24-2)12-10-16)14-13-18(21-23)15-7-5-4-6-8-15;/h4-12,23H,13-14H2,1-3H3;1H/b20-19?,21-18+;. The Morgan fingerprint density at radius 1 is 1.12 bits per heavy atom. The summed E-state index contributed by atoms with van der Waals surface area (Å²) in [6, 6.07) is 17.5. The number of hydrogen-bond donors (Lipinski definition) is 1. The minimum atomic E-state index is 0. The molecule has 0 aliphatic carbocycles. The summed E-state index contributed by atoms with van der Waals surface area (Å²) in [7, 11) is 3.43. The van der Waals surface area contributed by atoms with Crippen molar-refractivity contribution < 1.29 is 9.94 Å². The fraction of sp³-hybridized carbons (Fsp3) is 0.263. The quantitative estimate of drug-likeness (QED) is 0.211. The van der Waals surface area contributed by atoms with Gasteiger partial charge < -0.3 is 14.8 Å². The monoisotopic (exact) mass is 485 g/mol. The highest BCUT2D eigenvalue weighted by molar-refractivity contribution is 14.0. The molecule has 0 unspecified atom stereocenters. The topological polar surface area (TPSA) is 57.4 Å². The fourth-order valence-electron chi connectivity index (χ4n) is 2.52. The summed E-state index contributed by atoms with van der Waals surface area (Å²) in [5.41, 5.74) is 2.58. The van der Waals surface area contributed by atoms with Crippen molar-refractivity contribution in [2.45, 2.75) is 6.42 Å². The molecule has 5 nitrogen and oxygen atoms in total. The Bertz CT molecular complexity index is 721. The fourth-order valence-corrected chi connectivity index (χ4v) is 3.12. The first-order valence-electron chi connectivity index (χ1n) is 7.92. The lowest BCUT2D eigenvalue weighted by atomic mass is 10.1. The van der Waals surface area contributed by atoms with Gasteiger partial charge in [0.2, 0.25) is 0 Å². The van der Waals surface area contributed by atoms with Crippen LogP contribution in [0.4, 0.5) is 5.69 Å². The molecule has 0 amide bonds. The maximum Gasteiger partial charge on any atom is 0.163 e. The van der Waals surface area contributed by atoms with Gasteiger partial charge in [-0.25, -0.2) is 0 Å². The largest absolute Gasteiger partial charge is 0.497 e. The van der Waals surface area contributed by atoms with Crippen molar-refractivity contribution in [2.75, 3.05) is 31.9 Å². The van der Waals surface area contributed by atoms with Crippen LogP contribution in [-0.4, -0.2) is 43.0 Å². The van der Waals surface area contributed by atoms with Crippen LogP contribution >= 0.6 is 35.7 Å². The lowest BCUT2D eigenvalue weighted by Gasteiger charge is -2.25. The van der Waals surface area contributed by atoms with E-state index >= 15 is 0 Å². The van der Waals surface area contributed by atoms with Crippen LogP contribution in [0, 0.1) is 0 Å².